The molecule has 1 amide bonds. The minimum Gasteiger partial charge on any atom is -0.342 e. The first-order chi connectivity index (χ1) is 10.3. The van der Waals surface area contributed by atoms with E-state index in [1.807, 2.05) is 19.1 Å². The number of hydrogen-bond acceptors (Lipinski definition) is 3. The summed E-state index contributed by atoms with van der Waals surface area (Å²) in [6.07, 6.45) is 0.850. The van der Waals surface area contributed by atoms with Crippen LogP contribution in [-0.4, -0.2) is 38.9 Å². The molecule has 0 heterocycles. The molecule has 0 aliphatic carbocycles. The lowest BCUT2D eigenvalue weighted by Crippen LogP contribution is -2.37. The van der Waals surface area contributed by atoms with Crippen molar-refractivity contribution >= 4 is 15.9 Å². The third kappa shape index (κ3) is 5.42. The highest BCUT2D eigenvalue weighted by atomic mass is 32.2. The van der Waals surface area contributed by atoms with E-state index in [0.717, 1.165) is 12.0 Å². The summed E-state index contributed by atoms with van der Waals surface area (Å²) in [5.41, 5.74) is 1.10. The van der Waals surface area contributed by atoms with Gasteiger partial charge < -0.3 is 4.90 Å². The van der Waals surface area contributed by atoms with Crippen molar-refractivity contribution in [1.29, 1.82) is 0 Å². The fourth-order valence-electron chi connectivity index (χ4n) is 2.13. The normalized spacial score (nSPS) is 11.7. The van der Waals surface area contributed by atoms with Crippen LogP contribution in [0.4, 0.5) is 0 Å². The van der Waals surface area contributed by atoms with Crippen molar-refractivity contribution in [3.8, 4) is 0 Å². The van der Waals surface area contributed by atoms with Gasteiger partial charge in [-0.15, -0.1) is 0 Å². The van der Waals surface area contributed by atoms with Gasteiger partial charge in [0.2, 0.25) is 15.9 Å². The number of sulfonamides is 1. The Hall–Kier alpha value is -1.40. The molecule has 0 aromatic heterocycles. The van der Waals surface area contributed by atoms with Crippen LogP contribution in [0.2, 0.25) is 0 Å². The van der Waals surface area contributed by atoms with Gasteiger partial charge in [0.05, 0.1) is 4.90 Å². The van der Waals surface area contributed by atoms with E-state index in [4.69, 9.17) is 0 Å². The van der Waals surface area contributed by atoms with Gasteiger partial charge in [0.15, 0.2) is 0 Å². The number of nitrogens with one attached hydrogen (secondary N) is 1. The van der Waals surface area contributed by atoms with E-state index in [1.165, 1.54) is 6.92 Å². The number of rotatable bonds is 8. The van der Waals surface area contributed by atoms with E-state index in [9.17, 15) is 13.2 Å². The van der Waals surface area contributed by atoms with Crippen molar-refractivity contribution in [2.75, 3.05) is 19.6 Å². The third-order valence-corrected chi connectivity index (χ3v) is 4.95. The molecular formula is C16H26N2O3S. The van der Waals surface area contributed by atoms with Crippen LogP contribution in [0.25, 0.3) is 0 Å². The molecule has 0 radical (unpaired) electrons. The van der Waals surface area contributed by atoms with Crippen LogP contribution >= 0.6 is 0 Å². The summed E-state index contributed by atoms with van der Waals surface area (Å²) in [5, 5.41) is 0. The predicted octanol–water partition coefficient (Wildman–Crippen LogP) is 2.35. The number of carbonyl (C=O) groups is 1. The molecule has 0 atom stereocenters. The lowest BCUT2D eigenvalue weighted by atomic mass is 10.0. The number of hydrogen-bond donors (Lipinski definition) is 1. The summed E-state index contributed by atoms with van der Waals surface area (Å²) >= 11 is 0. The maximum Gasteiger partial charge on any atom is 0.240 e. The zero-order valence-corrected chi connectivity index (χ0v) is 14.6. The lowest BCUT2D eigenvalue weighted by molar-refractivity contribution is -0.128. The summed E-state index contributed by atoms with van der Waals surface area (Å²) < 4.78 is 27.0. The molecule has 1 N–H and O–H groups in total. The molecule has 5 nitrogen and oxygen atoms in total. The highest BCUT2D eigenvalue weighted by Crippen LogP contribution is 2.17. The van der Waals surface area contributed by atoms with E-state index in [-0.39, 0.29) is 17.3 Å². The van der Waals surface area contributed by atoms with Gasteiger partial charge >= 0.3 is 0 Å². The van der Waals surface area contributed by atoms with Crippen LogP contribution < -0.4 is 4.72 Å². The summed E-state index contributed by atoms with van der Waals surface area (Å²) in [5.74, 6) is 0.324. The minimum absolute atomic E-state index is 0.0395. The van der Waals surface area contributed by atoms with Crippen molar-refractivity contribution in [2.24, 2.45) is 0 Å². The van der Waals surface area contributed by atoms with E-state index >= 15 is 0 Å². The molecule has 0 fully saturated rings. The van der Waals surface area contributed by atoms with Crippen LogP contribution in [0, 0.1) is 0 Å². The van der Waals surface area contributed by atoms with Crippen LogP contribution in [0.3, 0.4) is 0 Å². The Morgan fingerprint density at radius 2 is 1.77 bits per heavy atom. The summed E-state index contributed by atoms with van der Waals surface area (Å²) in [6.45, 7) is 8.84. The first-order valence-electron chi connectivity index (χ1n) is 7.63. The zero-order valence-electron chi connectivity index (χ0n) is 13.8. The van der Waals surface area contributed by atoms with Crippen molar-refractivity contribution < 1.29 is 13.2 Å². The standard InChI is InChI=1S/C16H26N2O3S/c1-5-11-18(14(4)19)12-10-17-22(20,21)16-8-6-15(7-9-16)13(2)3/h6-9,13,17H,5,10-12H2,1-4H3. The first kappa shape index (κ1) is 18.6. The molecule has 6 heteroatoms. The highest BCUT2D eigenvalue weighted by Gasteiger charge is 2.15. The lowest BCUT2D eigenvalue weighted by Gasteiger charge is -2.20. The SMILES string of the molecule is CCCN(CCNS(=O)(=O)c1ccc(C(C)C)cc1)C(C)=O. The molecule has 0 aliphatic heterocycles. The van der Waals surface area contributed by atoms with Crippen LogP contribution in [0.1, 0.15) is 45.6 Å². The van der Waals surface area contributed by atoms with E-state index in [1.54, 1.807) is 17.0 Å². The second-order valence-electron chi connectivity index (χ2n) is 5.63. The molecule has 1 aromatic carbocycles. The third-order valence-electron chi connectivity index (χ3n) is 3.47. The fourth-order valence-corrected chi connectivity index (χ4v) is 3.15. The Balaban J connectivity index is 2.65. The van der Waals surface area contributed by atoms with Crippen molar-refractivity contribution in [2.45, 2.75) is 44.9 Å². The summed E-state index contributed by atoms with van der Waals surface area (Å²) in [4.78, 5) is 13.3. The molecular weight excluding hydrogens is 300 g/mol. The van der Waals surface area contributed by atoms with Crippen molar-refractivity contribution in [3.05, 3.63) is 29.8 Å². The fraction of sp³-hybridized carbons (Fsp3) is 0.562. The predicted molar refractivity (Wildman–Crippen MR) is 88.3 cm³/mol. The molecule has 0 saturated carbocycles. The van der Waals surface area contributed by atoms with E-state index < -0.39 is 10.0 Å². The number of benzene rings is 1. The van der Waals surface area contributed by atoms with Gasteiger partial charge in [0, 0.05) is 26.6 Å². The molecule has 124 valence electrons. The largest absolute Gasteiger partial charge is 0.342 e. The first-order valence-corrected chi connectivity index (χ1v) is 9.11. The van der Waals surface area contributed by atoms with Gasteiger partial charge in [0.25, 0.3) is 0 Å². The highest BCUT2D eigenvalue weighted by molar-refractivity contribution is 7.89. The van der Waals surface area contributed by atoms with Gasteiger partial charge in [-0.25, -0.2) is 13.1 Å². The molecule has 1 aromatic rings. The van der Waals surface area contributed by atoms with Crippen molar-refractivity contribution in [1.82, 2.24) is 9.62 Å². The Bertz CT molecular complexity index is 580. The molecule has 0 saturated heterocycles. The van der Waals surface area contributed by atoms with E-state index in [2.05, 4.69) is 18.6 Å². The second kappa shape index (κ2) is 8.29. The van der Waals surface area contributed by atoms with Gasteiger partial charge in [-0.05, 0) is 30.0 Å². The summed E-state index contributed by atoms with van der Waals surface area (Å²) in [6, 6.07) is 6.90. The van der Waals surface area contributed by atoms with Crippen LogP contribution in [-0.2, 0) is 14.8 Å². The molecule has 0 bridgehead atoms. The topological polar surface area (TPSA) is 66.5 Å². The monoisotopic (exact) mass is 326 g/mol. The van der Waals surface area contributed by atoms with Gasteiger partial charge in [-0.2, -0.15) is 0 Å². The number of carbonyl (C=O) groups excluding carboxylic acids is 1. The second-order valence-corrected chi connectivity index (χ2v) is 7.39. The molecule has 0 unspecified atom stereocenters. The average molecular weight is 326 g/mol. The maximum absolute atomic E-state index is 12.2. The number of amides is 1. The van der Waals surface area contributed by atoms with Gasteiger partial charge in [-0.1, -0.05) is 32.9 Å². The van der Waals surface area contributed by atoms with E-state index in [0.29, 0.717) is 19.0 Å². The Kier molecular flexibility index (Phi) is 7.03. The quantitative estimate of drug-likeness (QED) is 0.797. The van der Waals surface area contributed by atoms with Crippen LogP contribution in [0.5, 0.6) is 0 Å². The van der Waals surface area contributed by atoms with Crippen LogP contribution in [0.15, 0.2) is 29.2 Å². The van der Waals surface area contributed by atoms with Gasteiger partial charge in [0.1, 0.15) is 0 Å². The van der Waals surface area contributed by atoms with Gasteiger partial charge in [-0.3, -0.25) is 4.79 Å². The Morgan fingerprint density at radius 3 is 2.23 bits per heavy atom. The Morgan fingerprint density at radius 1 is 1.18 bits per heavy atom. The summed E-state index contributed by atoms with van der Waals surface area (Å²) in [7, 11) is -3.53. The average Bonchev–Trinajstić information content (AvgIpc) is 2.46. The Labute approximate surface area is 133 Å². The minimum atomic E-state index is -3.53. The smallest absolute Gasteiger partial charge is 0.240 e. The molecule has 1 rings (SSSR count). The van der Waals surface area contributed by atoms with Crippen molar-refractivity contribution in [3.63, 3.8) is 0 Å². The molecule has 0 spiro atoms. The number of nitrogens with zero attached hydrogens (tertiary/aromatic N) is 1. The maximum atomic E-state index is 12.2. The molecule has 0 aliphatic rings. The molecule has 22 heavy (non-hydrogen) atoms. The zero-order chi connectivity index (χ0) is 16.8.